The number of nitrogens with one attached hydrogen (secondary N) is 3. The third-order valence-electron chi connectivity index (χ3n) is 4.13. The lowest BCUT2D eigenvalue weighted by molar-refractivity contribution is -0.113. The maximum Gasteiger partial charge on any atom is 0.255 e. The summed E-state index contributed by atoms with van der Waals surface area (Å²) in [7, 11) is 1.54. The number of hydrogen-bond acceptors (Lipinski definition) is 3. The van der Waals surface area contributed by atoms with Gasteiger partial charge >= 0.3 is 0 Å². The highest BCUT2D eigenvalue weighted by atomic mass is 35.5. The average molecular weight is 406 g/mol. The number of hydrogen-bond donors (Lipinski definition) is 3. The van der Waals surface area contributed by atoms with Crippen molar-refractivity contribution >= 4 is 40.5 Å². The van der Waals surface area contributed by atoms with Gasteiger partial charge in [0.25, 0.3) is 5.91 Å². The van der Waals surface area contributed by atoms with Gasteiger partial charge in [-0.2, -0.15) is 0 Å². The fourth-order valence-corrected chi connectivity index (χ4v) is 3.44. The molecule has 0 fully saturated rings. The lowest BCUT2D eigenvalue weighted by Gasteiger charge is -2.31. The van der Waals surface area contributed by atoms with Gasteiger partial charge in [0.15, 0.2) is 5.11 Å². The standard InChI is InChI=1S/C19H17ClFN3O2S/c1-10-15(18(25)23-11-5-3-6-12(9-11)26-2)17(24-19(27)22-10)16-13(20)7-4-8-14(16)21/h3-9,17H,1-2H3,(H,23,25)(H2,22,24,27). The number of carbonyl (C=O) groups excluding carboxylic acids is 1. The molecule has 5 nitrogen and oxygen atoms in total. The van der Waals surface area contributed by atoms with Gasteiger partial charge in [-0.15, -0.1) is 0 Å². The van der Waals surface area contributed by atoms with Crippen LogP contribution in [-0.2, 0) is 4.79 Å². The lowest BCUT2D eigenvalue weighted by atomic mass is 9.94. The monoisotopic (exact) mass is 405 g/mol. The zero-order valence-corrected chi connectivity index (χ0v) is 16.2. The largest absolute Gasteiger partial charge is 0.497 e. The third kappa shape index (κ3) is 4.04. The van der Waals surface area contributed by atoms with E-state index in [1.807, 2.05) is 0 Å². The van der Waals surface area contributed by atoms with Crippen molar-refractivity contribution in [3.05, 3.63) is 70.1 Å². The van der Waals surface area contributed by atoms with Gasteiger partial charge in [-0.1, -0.05) is 23.7 Å². The summed E-state index contributed by atoms with van der Waals surface area (Å²) >= 11 is 11.4. The zero-order valence-electron chi connectivity index (χ0n) is 14.6. The van der Waals surface area contributed by atoms with E-state index in [9.17, 15) is 9.18 Å². The molecule has 1 atom stereocenters. The highest BCUT2D eigenvalue weighted by Crippen LogP contribution is 2.34. The summed E-state index contributed by atoms with van der Waals surface area (Å²) in [4.78, 5) is 13.0. The van der Waals surface area contributed by atoms with Crippen molar-refractivity contribution in [1.82, 2.24) is 10.6 Å². The first kappa shape index (κ1) is 19.1. The Balaban J connectivity index is 2.00. The summed E-state index contributed by atoms with van der Waals surface area (Å²) < 4.78 is 19.7. The van der Waals surface area contributed by atoms with Crippen molar-refractivity contribution in [3.8, 4) is 5.75 Å². The van der Waals surface area contributed by atoms with Crippen LogP contribution in [0.5, 0.6) is 5.75 Å². The number of thiocarbonyl (C=S) groups is 1. The van der Waals surface area contributed by atoms with Crippen LogP contribution in [0.4, 0.5) is 10.1 Å². The molecule has 2 aromatic rings. The predicted octanol–water partition coefficient (Wildman–Crippen LogP) is 3.92. The molecule has 140 valence electrons. The normalized spacial score (nSPS) is 16.4. The number of anilines is 1. The molecule has 0 radical (unpaired) electrons. The Bertz CT molecular complexity index is 928. The quantitative estimate of drug-likeness (QED) is 0.673. The first-order valence-electron chi connectivity index (χ1n) is 8.08. The van der Waals surface area contributed by atoms with E-state index in [-0.39, 0.29) is 15.7 Å². The topological polar surface area (TPSA) is 62.4 Å². The van der Waals surface area contributed by atoms with Crippen LogP contribution in [0, 0.1) is 5.82 Å². The van der Waals surface area contributed by atoms with Gasteiger partial charge in [-0.25, -0.2) is 4.39 Å². The van der Waals surface area contributed by atoms with Crippen LogP contribution in [0.3, 0.4) is 0 Å². The summed E-state index contributed by atoms with van der Waals surface area (Å²) in [5.41, 5.74) is 1.52. The van der Waals surface area contributed by atoms with E-state index in [1.165, 1.54) is 12.1 Å². The van der Waals surface area contributed by atoms with Gasteiger partial charge in [0.2, 0.25) is 0 Å². The van der Waals surface area contributed by atoms with E-state index in [4.69, 9.17) is 28.6 Å². The number of allylic oxidation sites excluding steroid dienone is 1. The summed E-state index contributed by atoms with van der Waals surface area (Å²) in [5.74, 6) is -0.329. The molecule has 1 heterocycles. The third-order valence-corrected chi connectivity index (χ3v) is 4.68. The average Bonchev–Trinajstić information content (AvgIpc) is 2.61. The van der Waals surface area contributed by atoms with E-state index < -0.39 is 17.8 Å². The van der Waals surface area contributed by atoms with Gasteiger partial charge in [0.1, 0.15) is 11.6 Å². The van der Waals surface area contributed by atoms with Crippen LogP contribution in [-0.4, -0.2) is 18.1 Å². The van der Waals surface area contributed by atoms with Crippen LogP contribution in [0.25, 0.3) is 0 Å². The van der Waals surface area contributed by atoms with Gasteiger partial charge in [0.05, 0.1) is 18.7 Å². The van der Waals surface area contributed by atoms with Crippen LogP contribution in [0.15, 0.2) is 53.7 Å². The van der Waals surface area contributed by atoms with Gasteiger partial charge in [0, 0.05) is 28.0 Å². The van der Waals surface area contributed by atoms with Crippen LogP contribution in [0.1, 0.15) is 18.5 Å². The molecule has 3 N–H and O–H groups in total. The molecule has 3 rings (SSSR count). The highest BCUT2D eigenvalue weighted by Gasteiger charge is 2.33. The Morgan fingerprint density at radius 1 is 1.30 bits per heavy atom. The molecule has 1 aliphatic rings. The fourth-order valence-electron chi connectivity index (χ4n) is 2.90. The number of rotatable bonds is 4. The Labute approximate surface area is 166 Å². The van der Waals surface area contributed by atoms with E-state index in [1.54, 1.807) is 44.4 Å². The Hall–Kier alpha value is -2.64. The maximum atomic E-state index is 14.5. The summed E-state index contributed by atoms with van der Waals surface area (Å²) in [6.45, 7) is 1.70. The van der Waals surface area contributed by atoms with Crippen molar-refractivity contribution in [2.24, 2.45) is 0 Å². The SMILES string of the molecule is COc1cccc(NC(=O)C2=C(C)NC(=S)NC2c2c(F)cccc2Cl)c1. The molecule has 0 aromatic heterocycles. The van der Waals surface area contributed by atoms with E-state index in [0.29, 0.717) is 22.7 Å². The first-order valence-corrected chi connectivity index (χ1v) is 8.87. The Morgan fingerprint density at radius 3 is 2.74 bits per heavy atom. The van der Waals surface area contributed by atoms with Gasteiger partial charge in [-0.05, 0) is 43.4 Å². The minimum absolute atomic E-state index is 0.165. The molecule has 1 aliphatic heterocycles. The molecule has 2 aromatic carbocycles. The maximum absolute atomic E-state index is 14.5. The van der Waals surface area contributed by atoms with Gasteiger partial charge in [-0.3, -0.25) is 4.79 Å². The van der Waals surface area contributed by atoms with E-state index in [0.717, 1.165) is 0 Å². The molecule has 0 spiro atoms. The van der Waals surface area contributed by atoms with Crippen LogP contribution < -0.4 is 20.7 Å². The smallest absolute Gasteiger partial charge is 0.255 e. The second-order valence-corrected chi connectivity index (χ2v) is 6.71. The van der Waals surface area contributed by atoms with Crippen molar-refractivity contribution in [3.63, 3.8) is 0 Å². The lowest BCUT2D eigenvalue weighted by Crippen LogP contribution is -2.46. The molecular formula is C19H17ClFN3O2S. The van der Waals surface area contributed by atoms with E-state index in [2.05, 4.69) is 16.0 Å². The number of benzene rings is 2. The number of carbonyl (C=O) groups is 1. The van der Waals surface area contributed by atoms with Crippen LogP contribution >= 0.6 is 23.8 Å². The Kier molecular flexibility index (Phi) is 5.62. The molecule has 0 saturated heterocycles. The van der Waals surface area contributed by atoms with Crippen molar-refractivity contribution in [2.45, 2.75) is 13.0 Å². The van der Waals surface area contributed by atoms with Crippen molar-refractivity contribution in [1.29, 1.82) is 0 Å². The summed E-state index contributed by atoms with van der Waals surface area (Å²) in [5, 5.41) is 9.14. The second kappa shape index (κ2) is 7.94. The molecule has 8 heteroatoms. The number of ether oxygens (including phenoxy) is 1. The second-order valence-electron chi connectivity index (χ2n) is 5.89. The van der Waals surface area contributed by atoms with E-state index >= 15 is 0 Å². The highest BCUT2D eigenvalue weighted by molar-refractivity contribution is 7.80. The predicted molar refractivity (Wildman–Crippen MR) is 107 cm³/mol. The summed E-state index contributed by atoms with van der Waals surface area (Å²) in [6.07, 6.45) is 0. The van der Waals surface area contributed by atoms with Crippen LogP contribution in [0.2, 0.25) is 5.02 Å². The number of amides is 1. The molecule has 1 amide bonds. The molecule has 27 heavy (non-hydrogen) atoms. The number of methoxy groups -OCH3 is 1. The molecule has 0 bridgehead atoms. The fraction of sp³-hybridized carbons (Fsp3) is 0.158. The molecule has 1 unspecified atom stereocenters. The Morgan fingerprint density at radius 2 is 2.04 bits per heavy atom. The molecule has 0 saturated carbocycles. The minimum Gasteiger partial charge on any atom is -0.497 e. The van der Waals surface area contributed by atoms with Crippen molar-refractivity contribution < 1.29 is 13.9 Å². The van der Waals surface area contributed by atoms with Gasteiger partial charge < -0.3 is 20.7 Å². The van der Waals surface area contributed by atoms with Crippen molar-refractivity contribution in [2.75, 3.05) is 12.4 Å². The zero-order chi connectivity index (χ0) is 19.6. The first-order chi connectivity index (χ1) is 12.9. The molecule has 0 aliphatic carbocycles. The summed E-state index contributed by atoms with van der Waals surface area (Å²) in [6, 6.07) is 10.5. The minimum atomic E-state index is -0.821. The number of halogens is 2. The molecular weight excluding hydrogens is 389 g/mol.